The van der Waals surface area contributed by atoms with Crippen molar-refractivity contribution in [3.05, 3.63) is 28.8 Å². The van der Waals surface area contributed by atoms with Crippen molar-refractivity contribution in [3.63, 3.8) is 0 Å². The number of hydrogen-bond acceptors (Lipinski definition) is 5. The lowest BCUT2D eigenvalue weighted by Gasteiger charge is -2.15. The van der Waals surface area contributed by atoms with E-state index in [4.69, 9.17) is 9.26 Å². The second-order valence-corrected chi connectivity index (χ2v) is 5.43. The van der Waals surface area contributed by atoms with Gasteiger partial charge in [0.05, 0.1) is 23.2 Å². The second kappa shape index (κ2) is 6.67. The lowest BCUT2D eigenvalue weighted by atomic mass is 10.1. The van der Waals surface area contributed by atoms with Crippen LogP contribution in [0.25, 0.3) is 10.6 Å². The summed E-state index contributed by atoms with van der Waals surface area (Å²) >= 11 is 1.52. The molecule has 2 aromatic heterocycles. The maximum Gasteiger partial charge on any atom is 0.257 e. The summed E-state index contributed by atoms with van der Waals surface area (Å²) in [7, 11) is 1.62. The van der Waals surface area contributed by atoms with Gasteiger partial charge in [0, 0.05) is 7.11 Å². The van der Waals surface area contributed by atoms with Gasteiger partial charge < -0.3 is 14.6 Å². The Kier molecular flexibility index (Phi) is 4.92. The molecule has 0 saturated carbocycles. The Hall–Kier alpha value is -1.66. The molecule has 0 radical (unpaired) electrons. The highest BCUT2D eigenvalue weighted by Crippen LogP contribution is 2.29. The number of nitrogens with zero attached hydrogens (tertiary/aromatic N) is 1. The maximum absolute atomic E-state index is 12.4. The van der Waals surface area contributed by atoms with E-state index in [0.29, 0.717) is 23.6 Å². The minimum absolute atomic E-state index is 0.0158. The van der Waals surface area contributed by atoms with Gasteiger partial charge in [0.1, 0.15) is 5.56 Å². The number of rotatable bonds is 6. The van der Waals surface area contributed by atoms with Gasteiger partial charge in [0.25, 0.3) is 5.91 Å². The van der Waals surface area contributed by atoms with E-state index >= 15 is 0 Å². The zero-order valence-electron chi connectivity index (χ0n) is 11.8. The van der Waals surface area contributed by atoms with Gasteiger partial charge in [-0.25, -0.2) is 0 Å². The fraction of sp³-hybridized carbons (Fsp3) is 0.429. The van der Waals surface area contributed by atoms with Gasteiger partial charge in [-0.05, 0) is 24.8 Å². The fourth-order valence-electron chi connectivity index (χ4n) is 1.93. The van der Waals surface area contributed by atoms with Crippen LogP contribution in [0.4, 0.5) is 0 Å². The van der Waals surface area contributed by atoms with Gasteiger partial charge in [-0.1, -0.05) is 18.1 Å². The minimum Gasteiger partial charge on any atom is -0.383 e. The Bertz CT molecular complexity index is 563. The SMILES string of the molecule is CCC(COC)NC(=O)c1c(C)noc1-c1cccs1. The molecule has 0 aliphatic carbocycles. The van der Waals surface area contributed by atoms with Crippen LogP contribution in [0.15, 0.2) is 22.0 Å². The van der Waals surface area contributed by atoms with E-state index in [1.54, 1.807) is 14.0 Å². The van der Waals surface area contributed by atoms with Crippen LogP contribution in [0.1, 0.15) is 29.4 Å². The molecule has 0 aromatic carbocycles. The van der Waals surface area contributed by atoms with Crippen LogP contribution in [-0.4, -0.2) is 30.8 Å². The van der Waals surface area contributed by atoms with Crippen molar-refractivity contribution in [1.82, 2.24) is 10.5 Å². The Labute approximate surface area is 121 Å². The van der Waals surface area contributed by atoms with E-state index in [1.165, 1.54) is 11.3 Å². The first-order chi connectivity index (χ1) is 9.67. The van der Waals surface area contributed by atoms with Gasteiger partial charge in [-0.15, -0.1) is 11.3 Å². The molecule has 5 nitrogen and oxygen atoms in total. The molecule has 0 fully saturated rings. The van der Waals surface area contributed by atoms with Gasteiger partial charge in [-0.3, -0.25) is 4.79 Å². The number of hydrogen-bond donors (Lipinski definition) is 1. The number of carbonyl (C=O) groups excluding carboxylic acids is 1. The number of aromatic nitrogens is 1. The third-order valence-electron chi connectivity index (χ3n) is 3.03. The number of aryl methyl sites for hydroxylation is 1. The first-order valence-electron chi connectivity index (χ1n) is 6.47. The van der Waals surface area contributed by atoms with E-state index < -0.39 is 0 Å². The molecule has 6 heteroatoms. The Morgan fingerprint density at radius 3 is 3.00 bits per heavy atom. The van der Waals surface area contributed by atoms with Gasteiger partial charge in [0.2, 0.25) is 0 Å². The molecule has 0 bridgehead atoms. The fourth-order valence-corrected chi connectivity index (χ4v) is 2.64. The molecule has 1 atom stereocenters. The molecule has 1 unspecified atom stereocenters. The number of thiophene rings is 1. The van der Waals surface area contributed by atoms with Crippen molar-refractivity contribution in [1.29, 1.82) is 0 Å². The highest BCUT2D eigenvalue weighted by Gasteiger charge is 2.23. The summed E-state index contributed by atoms with van der Waals surface area (Å²) in [5.41, 5.74) is 1.10. The van der Waals surface area contributed by atoms with Crippen molar-refractivity contribution in [2.45, 2.75) is 26.3 Å². The van der Waals surface area contributed by atoms with Crippen molar-refractivity contribution in [2.75, 3.05) is 13.7 Å². The maximum atomic E-state index is 12.4. The number of nitrogens with one attached hydrogen (secondary N) is 1. The van der Waals surface area contributed by atoms with E-state index in [2.05, 4.69) is 10.5 Å². The van der Waals surface area contributed by atoms with Gasteiger partial charge in [-0.2, -0.15) is 0 Å². The first kappa shape index (κ1) is 14.7. The first-order valence-corrected chi connectivity index (χ1v) is 7.35. The summed E-state index contributed by atoms with van der Waals surface area (Å²) in [6.07, 6.45) is 0.804. The summed E-state index contributed by atoms with van der Waals surface area (Å²) in [5.74, 6) is 0.360. The summed E-state index contributed by atoms with van der Waals surface area (Å²) in [5, 5.41) is 8.81. The average Bonchev–Trinajstić information content (AvgIpc) is 3.06. The van der Waals surface area contributed by atoms with E-state index in [1.807, 2.05) is 24.4 Å². The van der Waals surface area contributed by atoms with Crippen molar-refractivity contribution >= 4 is 17.2 Å². The number of methoxy groups -OCH3 is 1. The van der Waals surface area contributed by atoms with Crippen molar-refractivity contribution in [2.24, 2.45) is 0 Å². The van der Waals surface area contributed by atoms with Gasteiger partial charge >= 0.3 is 0 Å². The number of amides is 1. The molecule has 0 spiro atoms. The summed E-state index contributed by atoms with van der Waals surface area (Å²) in [6, 6.07) is 3.81. The second-order valence-electron chi connectivity index (χ2n) is 4.48. The van der Waals surface area contributed by atoms with Crippen LogP contribution in [0, 0.1) is 6.92 Å². The lowest BCUT2D eigenvalue weighted by Crippen LogP contribution is -2.37. The third kappa shape index (κ3) is 3.08. The monoisotopic (exact) mass is 294 g/mol. The largest absolute Gasteiger partial charge is 0.383 e. The molecule has 20 heavy (non-hydrogen) atoms. The normalized spacial score (nSPS) is 12.3. The van der Waals surface area contributed by atoms with Crippen LogP contribution < -0.4 is 5.32 Å². The quantitative estimate of drug-likeness (QED) is 0.889. The molecule has 2 rings (SSSR count). The standard InChI is InChI=1S/C14H18N2O3S/c1-4-10(8-18-3)15-14(17)12-9(2)16-19-13(12)11-6-5-7-20-11/h5-7,10H,4,8H2,1-3H3,(H,15,17). The van der Waals surface area contributed by atoms with Gasteiger partial charge in [0.15, 0.2) is 5.76 Å². The predicted molar refractivity (Wildman–Crippen MR) is 78.0 cm³/mol. The molecule has 108 valence electrons. The van der Waals surface area contributed by atoms with Crippen LogP contribution in [-0.2, 0) is 4.74 Å². The Morgan fingerprint density at radius 2 is 2.40 bits per heavy atom. The van der Waals surface area contributed by atoms with Crippen LogP contribution >= 0.6 is 11.3 Å². The zero-order chi connectivity index (χ0) is 14.5. The smallest absolute Gasteiger partial charge is 0.257 e. The predicted octanol–water partition coefficient (Wildman–Crippen LogP) is 2.87. The highest BCUT2D eigenvalue weighted by molar-refractivity contribution is 7.13. The minimum atomic E-state index is -0.170. The van der Waals surface area contributed by atoms with Crippen molar-refractivity contribution < 1.29 is 14.1 Å². The average molecular weight is 294 g/mol. The molecule has 1 amide bonds. The molecular weight excluding hydrogens is 276 g/mol. The summed E-state index contributed by atoms with van der Waals surface area (Å²) in [4.78, 5) is 13.3. The molecule has 0 aliphatic rings. The zero-order valence-corrected chi connectivity index (χ0v) is 12.6. The Balaban J connectivity index is 2.24. The summed E-state index contributed by atoms with van der Waals surface area (Å²) < 4.78 is 10.4. The van der Waals surface area contributed by atoms with E-state index in [9.17, 15) is 4.79 Å². The van der Waals surface area contributed by atoms with Crippen LogP contribution in [0.3, 0.4) is 0 Å². The van der Waals surface area contributed by atoms with Crippen molar-refractivity contribution in [3.8, 4) is 10.6 Å². The van der Waals surface area contributed by atoms with Crippen LogP contribution in [0.2, 0.25) is 0 Å². The molecular formula is C14H18N2O3S. The Morgan fingerprint density at radius 1 is 1.60 bits per heavy atom. The third-order valence-corrected chi connectivity index (χ3v) is 3.90. The topological polar surface area (TPSA) is 64.4 Å². The number of carbonyl (C=O) groups is 1. The van der Waals surface area contributed by atoms with E-state index in [0.717, 1.165) is 11.3 Å². The van der Waals surface area contributed by atoms with Crippen LogP contribution in [0.5, 0.6) is 0 Å². The van der Waals surface area contributed by atoms with E-state index in [-0.39, 0.29) is 11.9 Å². The molecule has 0 saturated heterocycles. The summed E-state index contributed by atoms with van der Waals surface area (Å²) in [6.45, 7) is 4.26. The highest BCUT2D eigenvalue weighted by atomic mass is 32.1. The number of ether oxygens (including phenoxy) is 1. The molecule has 0 aliphatic heterocycles. The lowest BCUT2D eigenvalue weighted by molar-refractivity contribution is 0.0894. The molecule has 2 heterocycles. The molecule has 2 aromatic rings. The molecule has 1 N–H and O–H groups in total.